The minimum absolute atomic E-state index is 0.153. The summed E-state index contributed by atoms with van der Waals surface area (Å²) in [5.41, 5.74) is -0.226. The van der Waals surface area contributed by atoms with Crippen molar-refractivity contribution in [1.82, 2.24) is 10.6 Å². The lowest BCUT2D eigenvalue weighted by Gasteiger charge is -2.23. The van der Waals surface area contributed by atoms with Crippen LogP contribution in [0.4, 0.5) is 4.39 Å². The van der Waals surface area contributed by atoms with Crippen LogP contribution >= 0.6 is 15.9 Å². The standard InChI is InChI=1S/C14H18BrFN2O2/c1-8(12(19)18-14(2,3)4)17-13(20)10-7-9(16)5-6-11(10)15/h5-8H,1-4H3,(H,17,20)(H,18,19). The van der Waals surface area contributed by atoms with E-state index in [1.807, 2.05) is 20.8 Å². The highest BCUT2D eigenvalue weighted by atomic mass is 79.9. The van der Waals surface area contributed by atoms with E-state index < -0.39 is 17.8 Å². The fraction of sp³-hybridized carbons (Fsp3) is 0.429. The number of nitrogens with one attached hydrogen (secondary N) is 2. The summed E-state index contributed by atoms with van der Waals surface area (Å²) in [6.07, 6.45) is 0. The zero-order valence-corrected chi connectivity index (χ0v) is 13.5. The van der Waals surface area contributed by atoms with Crippen molar-refractivity contribution in [3.8, 4) is 0 Å². The van der Waals surface area contributed by atoms with Crippen LogP contribution in [0.5, 0.6) is 0 Å². The first-order valence-electron chi connectivity index (χ1n) is 6.18. The van der Waals surface area contributed by atoms with Crippen LogP contribution in [0.3, 0.4) is 0 Å². The highest BCUT2D eigenvalue weighted by Gasteiger charge is 2.22. The molecule has 6 heteroatoms. The van der Waals surface area contributed by atoms with Gasteiger partial charge in [0.25, 0.3) is 5.91 Å². The zero-order valence-electron chi connectivity index (χ0n) is 11.9. The second-order valence-corrected chi connectivity index (χ2v) is 6.41. The van der Waals surface area contributed by atoms with Gasteiger partial charge in [0.2, 0.25) is 5.91 Å². The number of carbonyl (C=O) groups is 2. The highest BCUT2D eigenvalue weighted by molar-refractivity contribution is 9.10. The molecule has 1 unspecified atom stereocenters. The van der Waals surface area contributed by atoms with Gasteiger partial charge in [-0.3, -0.25) is 9.59 Å². The molecule has 0 saturated heterocycles. The van der Waals surface area contributed by atoms with Crippen molar-refractivity contribution < 1.29 is 14.0 Å². The molecule has 110 valence electrons. The summed E-state index contributed by atoms with van der Waals surface area (Å²) in [5.74, 6) is -1.31. The van der Waals surface area contributed by atoms with Gasteiger partial charge in [0.15, 0.2) is 0 Å². The summed E-state index contributed by atoms with van der Waals surface area (Å²) >= 11 is 3.18. The third-order valence-electron chi connectivity index (χ3n) is 2.41. The third-order valence-corrected chi connectivity index (χ3v) is 3.10. The second kappa shape index (κ2) is 6.35. The largest absolute Gasteiger partial charge is 0.350 e. The Bertz CT molecular complexity index is 526. The molecule has 1 aromatic rings. The van der Waals surface area contributed by atoms with Crippen molar-refractivity contribution in [1.29, 1.82) is 0 Å². The van der Waals surface area contributed by atoms with Gasteiger partial charge >= 0.3 is 0 Å². The number of carbonyl (C=O) groups excluding carboxylic acids is 2. The maximum Gasteiger partial charge on any atom is 0.253 e. The molecule has 0 radical (unpaired) electrons. The van der Waals surface area contributed by atoms with E-state index in [1.165, 1.54) is 12.1 Å². The maximum atomic E-state index is 13.1. The monoisotopic (exact) mass is 344 g/mol. The summed E-state index contributed by atoms with van der Waals surface area (Å²) in [6, 6.07) is 3.10. The molecular weight excluding hydrogens is 327 g/mol. The van der Waals surface area contributed by atoms with Gasteiger partial charge in [0.1, 0.15) is 11.9 Å². The van der Waals surface area contributed by atoms with Crippen LogP contribution in [0.25, 0.3) is 0 Å². The SMILES string of the molecule is CC(NC(=O)c1cc(F)ccc1Br)C(=O)NC(C)(C)C. The highest BCUT2D eigenvalue weighted by Crippen LogP contribution is 2.17. The van der Waals surface area contributed by atoms with E-state index in [0.29, 0.717) is 4.47 Å². The van der Waals surface area contributed by atoms with Gasteiger partial charge in [-0.2, -0.15) is 0 Å². The predicted molar refractivity (Wildman–Crippen MR) is 78.9 cm³/mol. The summed E-state index contributed by atoms with van der Waals surface area (Å²) in [4.78, 5) is 23.9. The lowest BCUT2D eigenvalue weighted by molar-refractivity contribution is -0.124. The summed E-state index contributed by atoms with van der Waals surface area (Å²) < 4.78 is 13.6. The lowest BCUT2D eigenvalue weighted by Crippen LogP contribution is -2.50. The molecule has 0 heterocycles. The molecule has 1 aromatic carbocycles. The van der Waals surface area contributed by atoms with Crippen molar-refractivity contribution in [2.45, 2.75) is 39.3 Å². The van der Waals surface area contributed by atoms with Crippen molar-refractivity contribution in [3.05, 3.63) is 34.1 Å². The Morgan fingerprint density at radius 3 is 2.45 bits per heavy atom. The van der Waals surface area contributed by atoms with E-state index in [4.69, 9.17) is 0 Å². The van der Waals surface area contributed by atoms with Crippen LogP contribution in [0, 0.1) is 5.82 Å². The van der Waals surface area contributed by atoms with Crippen LogP contribution in [-0.4, -0.2) is 23.4 Å². The van der Waals surface area contributed by atoms with Crippen LogP contribution in [-0.2, 0) is 4.79 Å². The molecule has 2 N–H and O–H groups in total. The summed E-state index contributed by atoms with van der Waals surface area (Å²) in [5, 5.41) is 5.30. The molecule has 0 aliphatic carbocycles. The van der Waals surface area contributed by atoms with E-state index in [0.717, 1.165) is 6.07 Å². The molecule has 1 rings (SSSR count). The van der Waals surface area contributed by atoms with E-state index in [1.54, 1.807) is 6.92 Å². The van der Waals surface area contributed by atoms with Gasteiger partial charge in [0.05, 0.1) is 5.56 Å². The first-order valence-corrected chi connectivity index (χ1v) is 6.97. The number of hydrogen-bond donors (Lipinski definition) is 2. The van der Waals surface area contributed by atoms with Crippen LogP contribution < -0.4 is 10.6 Å². The number of hydrogen-bond acceptors (Lipinski definition) is 2. The minimum Gasteiger partial charge on any atom is -0.350 e. The molecule has 20 heavy (non-hydrogen) atoms. The summed E-state index contributed by atoms with van der Waals surface area (Å²) in [7, 11) is 0. The minimum atomic E-state index is -0.711. The Kier molecular flexibility index (Phi) is 5.28. The first-order chi connectivity index (χ1) is 9.10. The molecule has 4 nitrogen and oxygen atoms in total. The first kappa shape index (κ1) is 16.6. The Hall–Kier alpha value is -1.43. The van der Waals surface area contributed by atoms with E-state index in [9.17, 15) is 14.0 Å². The molecule has 0 aromatic heterocycles. The fourth-order valence-corrected chi connectivity index (χ4v) is 1.92. The summed E-state index contributed by atoms with van der Waals surface area (Å²) in [6.45, 7) is 7.12. The number of halogens is 2. The molecule has 0 saturated carbocycles. The van der Waals surface area contributed by atoms with Crippen molar-refractivity contribution in [2.24, 2.45) is 0 Å². The average Bonchev–Trinajstić information content (AvgIpc) is 2.29. The van der Waals surface area contributed by atoms with Gasteiger partial charge in [-0.25, -0.2) is 4.39 Å². The van der Waals surface area contributed by atoms with Crippen molar-refractivity contribution >= 4 is 27.7 Å². The Labute approximate surface area is 126 Å². The Morgan fingerprint density at radius 1 is 1.30 bits per heavy atom. The van der Waals surface area contributed by atoms with Gasteiger partial charge in [-0.15, -0.1) is 0 Å². The molecule has 0 spiro atoms. The number of benzene rings is 1. The lowest BCUT2D eigenvalue weighted by atomic mass is 10.1. The Balaban J connectivity index is 2.75. The second-order valence-electron chi connectivity index (χ2n) is 5.56. The predicted octanol–water partition coefficient (Wildman–Crippen LogP) is 2.62. The fourth-order valence-electron chi connectivity index (χ4n) is 1.49. The van der Waals surface area contributed by atoms with Crippen molar-refractivity contribution in [2.75, 3.05) is 0 Å². The molecule has 1 atom stereocenters. The molecule has 2 amide bonds. The van der Waals surface area contributed by atoms with Gasteiger partial charge in [0, 0.05) is 10.0 Å². The van der Waals surface area contributed by atoms with Crippen LogP contribution in [0.15, 0.2) is 22.7 Å². The molecule has 0 bridgehead atoms. The normalized spacial score (nSPS) is 12.7. The molecule has 0 fully saturated rings. The molecular formula is C14H18BrFN2O2. The van der Waals surface area contributed by atoms with E-state index >= 15 is 0 Å². The van der Waals surface area contributed by atoms with E-state index in [2.05, 4.69) is 26.6 Å². The molecule has 0 aliphatic heterocycles. The smallest absolute Gasteiger partial charge is 0.253 e. The molecule has 0 aliphatic rings. The van der Waals surface area contributed by atoms with Crippen molar-refractivity contribution in [3.63, 3.8) is 0 Å². The van der Waals surface area contributed by atoms with Gasteiger partial charge < -0.3 is 10.6 Å². The Morgan fingerprint density at radius 2 is 1.90 bits per heavy atom. The average molecular weight is 345 g/mol. The van der Waals surface area contributed by atoms with Gasteiger partial charge in [-0.1, -0.05) is 0 Å². The maximum absolute atomic E-state index is 13.1. The van der Waals surface area contributed by atoms with Crippen LogP contribution in [0.2, 0.25) is 0 Å². The number of rotatable bonds is 3. The third kappa shape index (κ3) is 4.92. The van der Waals surface area contributed by atoms with E-state index in [-0.39, 0.29) is 17.0 Å². The van der Waals surface area contributed by atoms with Crippen LogP contribution in [0.1, 0.15) is 38.1 Å². The van der Waals surface area contributed by atoms with Gasteiger partial charge in [-0.05, 0) is 61.8 Å². The topological polar surface area (TPSA) is 58.2 Å². The zero-order chi connectivity index (χ0) is 15.5. The quantitative estimate of drug-likeness (QED) is 0.885. The number of amides is 2.